The maximum Gasteiger partial charge on any atom is 0.124 e. The molecule has 0 amide bonds. The zero-order valence-electron chi connectivity index (χ0n) is 12.4. The lowest BCUT2D eigenvalue weighted by atomic mass is 10.2. The third-order valence-electron chi connectivity index (χ3n) is 2.97. The fourth-order valence-corrected chi connectivity index (χ4v) is 2.21. The first-order valence-corrected chi connectivity index (χ1v) is 7.48. The van der Waals surface area contributed by atoms with E-state index < -0.39 is 0 Å². The van der Waals surface area contributed by atoms with Gasteiger partial charge in [-0.1, -0.05) is 11.6 Å². The minimum atomic E-state index is 0.637. The quantitative estimate of drug-likeness (QED) is 0.800. The summed E-state index contributed by atoms with van der Waals surface area (Å²) in [4.78, 5) is 0. The Morgan fingerprint density at radius 3 is 2.33 bits per heavy atom. The Balaban J connectivity index is 2.03. The number of hydrogen-bond acceptors (Lipinski definition) is 3. The first kappa shape index (κ1) is 15.5. The zero-order chi connectivity index (χ0) is 15.1. The predicted molar refractivity (Wildman–Crippen MR) is 87.6 cm³/mol. The van der Waals surface area contributed by atoms with Crippen molar-refractivity contribution in [3.63, 3.8) is 0 Å². The summed E-state index contributed by atoms with van der Waals surface area (Å²) in [5.74, 6) is 1.74. The fourth-order valence-electron chi connectivity index (χ4n) is 2.02. The summed E-state index contributed by atoms with van der Waals surface area (Å²) in [5, 5.41) is 4.07. The second-order valence-corrected chi connectivity index (χ2v) is 4.93. The largest absolute Gasteiger partial charge is 0.494 e. The molecule has 112 valence electrons. The maximum atomic E-state index is 6.05. The summed E-state index contributed by atoms with van der Waals surface area (Å²) in [7, 11) is 0. The van der Waals surface area contributed by atoms with E-state index in [1.165, 1.54) is 0 Å². The van der Waals surface area contributed by atoms with Crippen LogP contribution in [0.4, 0.5) is 5.69 Å². The van der Waals surface area contributed by atoms with Crippen molar-refractivity contribution in [3.8, 4) is 11.5 Å². The molecule has 3 nitrogen and oxygen atoms in total. The number of halogens is 1. The van der Waals surface area contributed by atoms with Gasteiger partial charge in [0.05, 0.1) is 13.2 Å². The molecule has 0 atom stereocenters. The van der Waals surface area contributed by atoms with Crippen molar-refractivity contribution in [3.05, 3.63) is 53.1 Å². The molecular formula is C17H20ClNO2. The van der Waals surface area contributed by atoms with Gasteiger partial charge in [0.1, 0.15) is 11.5 Å². The number of benzene rings is 2. The Morgan fingerprint density at radius 1 is 0.952 bits per heavy atom. The Labute approximate surface area is 130 Å². The molecule has 0 heterocycles. The van der Waals surface area contributed by atoms with Crippen LogP contribution in [0, 0.1) is 0 Å². The molecule has 0 unspecified atom stereocenters. The molecule has 4 heteroatoms. The number of nitrogens with one attached hydrogen (secondary N) is 1. The standard InChI is InChI=1S/C17H20ClNO2/c1-3-20-16-8-6-15(7-9-16)19-12-13-11-14(18)5-10-17(13)21-4-2/h5-11,19H,3-4,12H2,1-2H3. The highest BCUT2D eigenvalue weighted by atomic mass is 35.5. The van der Waals surface area contributed by atoms with Crippen molar-refractivity contribution in [2.24, 2.45) is 0 Å². The number of anilines is 1. The second-order valence-electron chi connectivity index (χ2n) is 4.50. The van der Waals surface area contributed by atoms with Gasteiger partial charge in [-0.25, -0.2) is 0 Å². The molecule has 0 aromatic heterocycles. The van der Waals surface area contributed by atoms with Gasteiger partial charge in [-0.05, 0) is 56.3 Å². The molecule has 0 aliphatic rings. The number of hydrogen-bond donors (Lipinski definition) is 1. The van der Waals surface area contributed by atoms with E-state index in [1.807, 2.05) is 56.3 Å². The topological polar surface area (TPSA) is 30.5 Å². The van der Waals surface area contributed by atoms with E-state index in [-0.39, 0.29) is 0 Å². The van der Waals surface area contributed by atoms with Gasteiger partial charge in [0.2, 0.25) is 0 Å². The summed E-state index contributed by atoms with van der Waals surface area (Å²) >= 11 is 6.05. The molecule has 2 aromatic carbocycles. The van der Waals surface area contributed by atoms with Crippen molar-refractivity contribution >= 4 is 17.3 Å². The van der Waals surface area contributed by atoms with Gasteiger partial charge in [-0.15, -0.1) is 0 Å². The molecule has 2 rings (SSSR count). The van der Waals surface area contributed by atoms with E-state index in [4.69, 9.17) is 21.1 Å². The molecular weight excluding hydrogens is 286 g/mol. The third-order valence-corrected chi connectivity index (χ3v) is 3.21. The molecule has 1 N–H and O–H groups in total. The van der Waals surface area contributed by atoms with Crippen LogP contribution in [0.3, 0.4) is 0 Å². The van der Waals surface area contributed by atoms with Gasteiger partial charge in [-0.2, -0.15) is 0 Å². The van der Waals surface area contributed by atoms with Crippen LogP contribution in [-0.2, 0) is 6.54 Å². The highest BCUT2D eigenvalue weighted by molar-refractivity contribution is 6.30. The van der Waals surface area contributed by atoms with Crippen molar-refractivity contribution in [2.45, 2.75) is 20.4 Å². The summed E-state index contributed by atoms with van der Waals surface area (Å²) in [5.41, 5.74) is 2.07. The Kier molecular flexibility index (Phi) is 5.76. The summed E-state index contributed by atoms with van der Waals surface area (Å²) < 4.78 is 11.0. The van der Waals surface area contributed by atoms with E-state index in [9.17, 15) is 0 Å². The van der Waals surface area contributed by atoms with Gasteiger partial charge in [0.15, 0.2) is 0 Å². The van der Waals surface area contributed by atoms with Gasteiger partial charge < -0.3 is 14.8 Å². The van der Waals surface area contributed by atoms with Crippen LogP contribution in [0.15, 0.2) is 42.5 Å². The van der Waals surface area contributed by atoms with Gasteiger partial charge in [0.25, 0.3) is 0 Å². The Hall–Kier alpha value is -1.87. The molecule has 21 heavy (non-hydrogen) atoms. The Morgan fingerprint density at radius 2 is 1.67 bits per heavy atom. The molecule has 0 saturated heterocycles. The smallest absolute Gasteiger partial charge is 0.124 e. The van der Waals surface area contributed by atoms with Crippen LogP contribution in [0.5, 0.6) is 11.5 Å². The highest BCUT2D eigenvalue weighted by Crippen LogP contribution is 2.24. The monoisotopic (exact) mass is 305 g/mol. The summed E-state index contributed by atoms with van der Waals surface area (Å²) in [6, 6.07) is 13.6. The van der Waals surface area contributed by atoms with Crippen molar-refractivity contribution in [2.75, 3.05) is 18.5 Å². The molecule has 0 fully saturated rings. The lowest BCUT2D eigenvalue weighted by Crippen LogP contribution is -2.03. The molecule has 0 bridgehead atoms. The molecule has 2 aromatic rings. The second kappa shape index (κ2) is 7.79. The minimum Gasteiger partial charge on any atom is -0.494 e. The Bertz CT molecular complexity index is 570. The zero-order valence-corrected chi connectivity index (χ0v) is 13.1. The van der Waals surface area contributed by atoms with Crippen LogP contribution in [0.1, 0.15) is 19.4 Å². The van der Waals surface area contributed by atoms with E-state index >= 15 is 0 Å². The van der Waals surface area contributed by atoms with E-state index in [1.54, 1.807) is 0 Å². The van der Waals surface area contributed by atoms with Crippen LogP contribution in [-0.4, -0.2) is 13.2 Å². The molecule has 0 spiro atoms. The normalized spacial score (nSPS) is 10.2. The minimum absolute atomic E-state index is 0.637. The van der Waals surface area contributed by atoms with Crippen LogP contribution in [0.25, 0.3) is 0 Å². The average Bonchev–Trinajstić information content (AvgIpc) is 2.49. The predicted octanol–water partition coefficient (Wildman–Crippen LogP) is 4.75. The molecule has 0 aliphatic heterocycles. The SMILES string of the molecule is CCOc1ccc(NCc2cc(Cl)ccc2OCC)cc1. The summed E-state index contributed by atoms with van der Waals surface area (Å²) in [6.07, 6.45) is 0. The van der Waals surface area contributed by atoms with Crippen LogP contribution < -0.4 is 14.8 Å². The van der Waals surface area contributed by atoms with E-state index in [2.05, 4.69) is 5.32 Å². The molecule has 0 radical (unpaired) electrons. The average molecular weight is 306 g/mol. The first-order chi connectivity index (χ1) is 10.2. The number of rotatable bonds is 7. The fraction of sp³-hybridized carbons (Fsp3) is 0.294. The lowest BCUT2D eigenvalue weighted by molar-refractivity contribution is 0.337. The van der Waals surface area contributed by atoms with Crippen LogP contribution >= 0.6 is 11.6 Å². The first-order valence-electron chi connectivity index (χ1n) is 7.11. The summed E-state index contributed by atoms with van der Waals surface area (Å²) in [6.45, 7) is 5.91. The van der Waals surface area contributed by atoms with Gasteiger partial charge >= 0.3 is 0 Å². The van der Waals surface area contributed by atoms with Crippen molar-refractivity contribution in [1.82, 2.24) is 0 Å². The van der Waals surface area contributed by atoms with E-state index in [0.29, 0.717) is 24.8 Å². The number of ether oxygens (including phenoxy) is 2. The maximum absolute atomic E-state index is 6.05. The molecule has 0 saturated carbocycles. The lowest BCUT2D eigenvalue weighted by Gasteiger charge is -2.12. The van der Waals surface area contributed by atoms with E-state index in [0.717, 1.165) is 22.7 Å². The van der Waals surface area contributed by atoms with Gasteiger partial charge in [0, 0.05) is 22.8 Å². The molecule has 0 aliphatic carbocycles. The van der Waals surface area contributed by atoms with Crippen LogP contribution in [0.2, 0.25) is 5.02 Å². The van der Waals surface area contributed by atoms with Gasteiger partial charge in [-0.3, -0.25) is 0 Å². The highest BCUT2D eigenvalue weighted by Gasteiger charge is 2.04. The van der Waals surface area contributed by atoms with Crippen molar-refractivity contribution in [1.29, 1.82) is 0 Å². The third kappa shape index (κ3) is 4.57. The van der Waals surface area contributed by atoms with Crippen molar-refractivity contribution < 1.29 is 9.47 Å².